The Bertz CT molecular complexity index is 2840. The van der Waals surface area contributed by atoms with Gasteiger partial charge in [-0.15, -0.1) is 0 Å². The Balaban J connectivity index is 0.000000151. The van der Waals surface area contributed by atoms with Gasteiger partial charge in [0.25, 0.3) is 0 Å². The smallest absolute Gasteiger partial charge is 0.187 e. The molecule has 12 heteroatoms. The molecule has 12 rings (SSSR count). The summed E-state index contributed by atoms with van der Waals surface area (Å²) in [6, 6.07) is 54.7. The van der Waals surface area contributed by atoms with Crippen molar-refractivity contribution in [3.05, 3.63) is 169 Å². The van der Waals surface area contributed by atoms with Gasteiger partial charge in [-0.05, 0) is 176 Å². The molecule has 0 amide bonds. The minimum Gasteiger partial charge on any atom is -1.00 e. The first-order chi connectivity index (χ1) is 38.9. The molecule has 4 fully saturated rings. The number of nitrogens with zero attached hydrogens (tertiary/aromatic N) is 4. The van der Waals surface area contributed by atoms with E-state index in [2.05, 4.69) is 212 Å². The molecule has 9 nitrogen and oxygen atoms in total. The van der Waals surface area contributed by atoms with Crippen LogP contribution in [0.15, 0.2) is 158 Å². The zero-order valence-corrected chi connectivity index (χ0v) is 52.5. The normalized spacial score (nSPS) is 16.9. The van der Waals surface area contributed by atoms with Crippen molar-refractivity contribution < 1.29 is 41.8 Å². The Labute approximate surface area is 501 Å². The van der Waals surface area contributed by atoms with Crippen molar-refractivity contribution in [2.75, 3.05) is 94.3 Å². The monoisotopic (exact) mass is 1200 g/mol. The van der Waals surface area contributed by atoms with E-state index in [0.29, 0.717) is 12.6 Å². The molecule has 1 saturated carbocycles. The molecule has 0 spiro atoms. The second-order valence-electron chi connectivity index (χ2n) is 23.5. The molecule has 6 aromatic carbocycles. The highest BCUT2D eigenvalue weighted by molar-refractivity contribution is 7.50. The number of thiophene rings is 2. The lowest BCUT2D eigenvalue weighted by molar-refractivity contribution is -0.897. The fraction of sp³-hybridized carbons (Fsp3) is 0.449. The molecule has 0 radical (unpaired) electrons. The van der Waals surface area contributed by atoms with Crippen molar-refractivity contribution in [1.29, 1.82) is 0 Å². The van der Waals surface area contributed by atoms with E-state index in [4.69, 9.17) is 10.2 Å². The number of aliphatic hydroxyl groups excluding tert-OH is 2. The lowest BCUT2D eigenvalue weighted by atomic mass is 9.95. The SMILES string of the molecule is C=C(CNC1CCCCC1)O[O-].CN1CCC(N2CCCCC2)CC1.CN1CCC([N+](C)(C)C)CC1.OCCc1ccc(-[s+]2c3ccccc3c3ccccc32)cc1.OCCc1ccc(-[s+]2c3ccccc3c3ccccc32)cc1.[Br-]. The fourth-order valence-electron chi connectivity index (χ4n) is 12.1. The van der Waals surface area contributed by atoms with Crippen molar-refractivity contribution in [2.45, 2.75) is 108 Å². The second kappa shape index (κ2) is 32.5. The minimum atomic E-state index is -0.0153. The molecule has 5 heterocycles. The second-order valence-corrected chi connectivity index (χ2v) is 27.4. The summed E-state index contributed by atoms with van der Waals surface area (Å²) in [5.41, 5.74) is 2.38. The molecule has 3 saturated heterocycles. The van der Waals surface area contributed by atoms with Gasteiger partial charge in [-0.3, -0.25) is 0 Å². The van der Waals surface area contributed by atoms with E-state index in [0.717, 1.165) is 29.4 Å². The molecule has 0 unspecified atom stereocenters. The van der Waals surface area contributed by atoms with E-state index in [9.17, 15) is 5.26 Å². The van der Waals surface area contributed by atoms with Crippen molar-refractivity contribution in [3.63, 3.8) is 0 Å². The number of quaternary nitrogens is 1. The molecule has 8 aromatic rings. The van der Waals surface area contributed by atoms with Gasteiger partial charge in [-0.25, -0.2) is 0 Å². The van der Waals surface area contributed by atoms with Crippen LogP contribution in [0.5, 0.6) is 0 Å². The average Bonchev–Trinajstić information content (AvgIpc) is 4.25. The summed E-state index contributed by atoms with van der Waals surface area (Å²) < 4.78 is 6.79. The Morgan fingerprint density at radius 3 is 1.27 bits per heavy atom. The quantitative estimate of drug-likeness (QED) is 0.0366. The van der Waals surface area contributed by atoms with Crippen LogP contribution in [-0.4, -0.2) is 142 Å². The van der Waals surface area contributed by atoms with Crippen molar-refractivity contribution in [1.82, 2.24) is 20.0 Å². The summed E-state index contributed by atoms with van der Waals surface area (Å²) in [5, 5.41) is 36.7. The van der Waals surface area contributed by atoms with Gasteiger partial charge < -0.3 is 61.8 Å². The van der Waals surface area contributed by atoms with Crippen molar-refractivity contribution in [3.8, 4) is 9.79 Å². The maximum atomic E-state index is 9.86. The van der Waals surface area contributed by atoms with Gasteiger partial charge in [0.2, 0.25) is 0 Å². The van der Waals surface area contributed by atoms with Crippen LogP contribution in [-0.2, 0) is 17.7 Å². The number of piperidine rings is 3. The van der Waals surface area contributed by atoms with E-state index in [1.54, 1.807) is 0 Å². The van der Waals surface area contributed by atoms with Gasteiger partial charge in [0.15, 0.2) is 28.6 Å². The molecule has 0 bridgehead atoms. The molecular weight excluding hydrogens is 1110 g/mol. The average molecular weight is 1200 g/mol. The number of aliphatic hydroxyl groups is 2. The van der Waals surface area contributed by atoms with Gasteiger partial charge in [0, 0.05) is 93.7 Å². The largest absolute Gasteiger partial charge is 1.00 e. The number of fused-ring (bicyclic) bond motifs is 6. The van der Waals surface area contributed by atoms with Crippen LogP contribution in [0, 0.1) is 0 Å². The van der Waals surface area contributed by atoms with Crippen molar-refractivity contribution in [2.24, 2.45) is 0 Å². The first-order valence-corrected chi connectivity index (χ1v) is 32.3. The number of halogens is 1. The number of rotatable bonds is 12. The van der Waals surface area contributed by atoms with Gasteiger partial charge in [-0.1, -0.05) is 105 Å². The summed E-state index contributed by atoms with van der Waals surface area (Å²) in [7, 11) is 11.3. The molecule has 3 aliphatic heterocycles. The molecule has 1 aliphatic carbocycles. The number of hydrogen-bond acceptors (Lipinski definition) is 8. The number of nitrogens with one attached hydrogen (secondary N) is 1. The maximum Gasteiger partial charge on any atom is 0.187 e. The summed E-state index contributed by atoms with van der Waals surface area (Å²) in [4.78, 5) is 14.0. The Morgan fingerprint density at radius 1 is 0.531 bits per heavy atom. The van der Waals surface area contributed by atoms with Crippen LogP contribution in [0.25, 0.3) is 50.1 Å². The third-order valence-electron chi connectivity index (χ3n) is 16.8. The minimum absolute atomic E-state index is 0. The third kappa shape index (κ3) is 18.0. The summed E-state index contributed by atoms with van der Waals surface area (Å²) in [6.07, 6.45) is 17.7. The molecule has 0 atom stereocenters. The Kier molecular flexibility index (Phi) is 25.7. The van der Waals surface area contributed by atoms with Gasteiger partial charge in [0.05, 0.1) is 39.5 Å². The zero-order chi connectivity index (χ0) is 56.3. The van der Waals surface area contributed by atoms with E-state index in [1.807, 2.05) is 0 Å². The molecule has 436 valence electrons. The van der Waals surface area contributed by atoms with Gasteiger partial charge in [-0.2, -0.15) is 0 Å². The molecule has 2 aromatic heterocycles. The van der Waals surface area contributed by atoms with Crippen LogP contribution in [0.3, 0.4) is 0 Å². The lowest BCUT2D eigenvalue weighted by Crippen LogP contribution is -3.00. The van der Waals surface area contributed by atoms with Crippen LogP contribution < -0.4 is 27.6 Å². The summed E-state index contributed by atoms with van der Waals surface area (Å²) >= 11 is 0. The highest BCUT2D eigenvalue weighted by atomic mass is 79.9. The van der Waals surface area contributed by atoms with Gasteiger partial charge >= 0.3 is 0 Å². The predicted molar refractivity (Wildman–Crippen MR) is 342 cm³/mol. The van der Waals surface area contributed by atoms with Crippen LogP contribution in [0.1, 0.15) is 88.2 Å². The topological polar surface area (TPSA) is 94.5 Å². The Morgan fingerprint density at radius 2 is 0.901 bits per heavy atom. The number of hydrogen-bond donors (Lipinski definition) is 3. The van der Waals surface area contributed by atoms with Crippen LogP contribution >= 0.6 is 20.9 Å². The Hall–Kier alpha value is -4.54. The molecule has 4 aliphatic rings. The van der Waals surface area contributed by atoms with E-state index in [-0.39, 0.29) is 56.9 Å². The van der Waals surface area contributed by atoms with E-state index >= 15 is 0 Å². The van der Waals surface area contributed by atoms with Crippen molar-refractivity contribution >= 4 is 61.3 Å². The summed E-state index contributed by atoms with van der Waals surface area (Å²) in [5.74, 6) is 0.278. The first kappa shape index (κ1) is 64.0. The standard InChI is InChI=1S/2C20H17OS.C11H22N2.C9H21N2.C9H17NO2.BrH/c2*21-14-13-15-9-11-16(12-10-15)22-19-7-3-1-5-17(19)18-6-2-4-8-20(18)22;1-12-9-5-11(6-10-12)13-7-3-2-4-8-13;1-10-7-5-9(6-8-10)11(2,3)4;1-8(12-11)7-10-9-5-3-2-4-6-9;/h2*1-12,21H,13-14H2;11H,2-10H2,1H3;9H,5-8H2,1-4H3;9-11H,1-7H2;1H/q2*+1;;+1;;/p-2. The molecular formula is C69H93BrN5O4S2+. The highest BCUT2D eigenvalue weighted by Crippen LogP contribution is 2.49. The van der Waals surface area contributed by atoms with Gasteiger partial charge in [0.1, 0.15) is 0 Å². The maximum absolute atomic E-state index is 9.86. The number of likely N-dealkylation sites (tertiary alicyclic amines) is 3. The first-order valence-electron chi connectivity index (χ1n) is 29.8. The highest BCUT2D eigenvalue weighted by Gasteiger charge is 2.28. The van der Waals surface area contributed by atoms with Crippen LogP contribution in [0.2, 0.25) is 0 Å². The van der Waals surface area contributed by atoms with E-state index < -0.39 is 0 Å². The van der Waals surface area contributed by atoms with Crippen LogP contribution in [0.4, 0.5) is 0 Å². The number of benzene rings is 6. The summed E-state index contributed by atoms with van der Waals surface area (Å²) in [6.45, 7) is 12.3. The fourth-order valence-corrected chi connectivity index (χ4v) is 16.8. The molecule has 3 N–H and O–H groups in total. The zero-order valence-electron chi connectivity index (χ0n) is 49.3. The lowest BCUT2D eigenvalue weighted by Gasteiger charge is -2.39. The predicted octanol–water partition coefficient (Wildman–Crippen LogP) is 10.6. The molecule has 81 heavy (non-hydrogen) atoms. The van der Waals surface area contributed by atoms with E-state index in [1.165, 1.54) is 178 Å². The third-order valence-corrected chi connectivity index (χ3v) is 21.5.